The molecule has 0 radical (unpaired) electrons. The molecule has 0 saturated heterocycles. The normalized spacial score (nSPS) is 14.9. The van der Waals surface area contributed by atoms with Gasteiger partial charge in [0, 0.05) is 0 Å². The van der Waals surface area contributed by atoms with E-state index in [2.05, 4.69) is 16.0 Å². The Kier molecular flexibility index (Phi) is 13.5. The fourth-order valence-corrected chi connectivity index (χ4v) is 3.82. The largest absolute Gasteiger partial charge is 0.508 e. The topological polar surface area (TPSA) is 208 Å². The van der Waals surface area contributed by atoms with Crippen LogP contribution in [0.4, 0.5) is 0 Å². The Morgan fingerprint density at radius 2 is 1.54 bits per heavy atom. The lowest BCUT2D eigenvalue weighted by Gasteiger charge is -2.27. The summed E-state index contributed by atoms with van der Waals surface area (Å²) in [5.41, 5.74) is 6.70. The molecule has 206 valence electrons. The molecular weight excluding hydrogens is 504 g/mol. The second-order valence-corrected chi connectivity index (χ2v) is 9.67. The first-order valence-corrected chi connectivity index (χ1v) is 13.2. The minimum Gasteiger partial charge on any atom is -0.508 e. The third-order valence-corrected chi connectivity index (χ3v) is 6.40. The van der Waals surface area contributed by atoms with E-state index in [4.69, 9.17) is 5.73 Å². The van der Waals surface area contributed by atoms with Crippen LogP contribution < -0.4 is 21.7 Å². The third-order valence-electron chi connectivity index (χ3n) is 5.76. The van der Waals surface area contributed by atoms with E-state index < -0.39 is 66.2 Å². The van der Waals surface area contributed by atoms with E-state index in [1.54, 1.807) is 32.2 Å². The van der Waals surface area contributed by atoms with Crippen LogP contribution in [0.25, 0.3) is 0 Å². The molecule has 13 heteroatoms. The van der Waals surface area contributed by atoms with Gasteiger partial charge in [-0.05, 0) is 48.5 Å². The lowest BCUT2D eigenvalue weighted by Crippen LogP contribution is -2.59. The molecule has 0 heterocycles. The van der Waals surface area contributed by atoms with E-state index in [0.29, 0.717) is 17.7 Å². The molecule has 0 aromatic heterocycles. The number of rotatable bonds is 16. The first kappa shape index (κ1) is 31.7. The number of aliphatic carboxylic acids is 2. The molecular formula is C24H36N4O8S. The smallest absolute Gasteiger partial charge is 0.326 e. The predicted octanol–water partition coefficient (Wildman–Crippen LogP) is 0.0749. The maximum Gasteiger partial charge on any atom is 0.326 e. The molecule has 0 aliphatic heterocycles. The summed E-state index contributed by atoms with van der Waals surface area (Å²) in [5, 5.41) is 35.2. The van der Waals surface area contributed by atoms with Crippen molar-refractivity contribution < 1.29 is 39.3 Å². The van der Waals surface area contributed by atoms with Gasteiger partial charge >= 0.3 is 11.9 Å². The monoisotopic (exact) mass is 540 g/mol. The number of benzene rings is 1. The van der Waals surface area contributed by atoms with Gasteiger partial charge in [0.15, 0.2) is 0 Å². The molecule has 0 spiro atoms. The maximum atomic E-state index is 13.1. The molecule has 0 aliphatic rings. The van der Waals surface area contributed by atoms with E-state index in [1.165, 1.54) is 23.9 Å². The molecule has 0 bridgehead atoms. The molecule has 5 atom stereocenters. The van der Waals surface area contributed by atoms with Crippen molar-refractivity contribution in [2.75, 3.05) is 12.0 Å². The number of carboxylic acids is 2. The van der Waals surface area contributed by atoms with Gasteiger partial charge in [0.2, 0.25) is 17.7 Å². The Labute approximate surface area is 219 Å². The molecule has 0 saturated carbocycles. The number of carbonyl (C=O) groups excluding carboxylic acids is 3. The number of carbonyl (C=O) groups is 5. The van der Waals surface area contributed by atoms with E-state index in [9.17, 15) is 39.3 Å². The Morgan fingerprint density at radius 3 is 2.05 bits per heavy atom. The molecule has 1 rings (SSSR count). The SMILES string of the molecule is CCC(C)C(NC(=O)C(N)Cc1ccc(O)cc1)C(=O)NC(CC(=O)O)C(=O)NC(CCSC)C(=O)O. The number of hydrogen-bond acceptors (Lipinski definition) is 8. The van der Waals surface area contributed by atoms with Gasteiger partial charge in [-0.2, -0.15) is 11.8 Å². The lowest BCUT2D eigenvalue weighted by molar-refractivity contribution is -0.143. The zero-order chi connectivity index (χ0) is 28.1. The average molecular weight is 541 g/mol. The van der Waals surface area contributed by atoms with Crippen molar-refractivity contribution in [3.8, 4) is 5.75 Å². The molecule has 1 aromatic carbocycles. The molecule has 3 amide bonds. The number of phenolic OH excluding ortho intramolecular Hbond substituents is 1. The zero-order valence-electron chi connectivity index (χ0n) is 21.1. The van der Waals surface area contributed by atoms with Crippen LogP contribution in [0.2, 0.25) is 0 Å². The molecule has 1 aromatic rings. The highest BCUT2D eigenvalue weighted by Crippen LogP contribution is 2.13. The van der Waals surface area contributed by atoms with Gasteiger partial charge < -0.3 is 37.0 Å². The Balaban J connectivity index is 2.98. The highest BCUT2D eigenvalue weighted by Gasteiger charge is 2.33. The summed E-state index contributed by atoms with van der Waals surface area (Å²) in [6.07, 6.45) is 1.71. The van der Waals surface area contributed by atoms with Crippen LogP contribution in [0.1, 0.15) is 38.7 Å². The molecule has 0 aliphatic carbocycles. The van der Waals surface area contributed by atoms with Crippen LogP contribution in [0, 0.1) is 5.92 Å². The first-order valence-electron chi connectivity index (χ1n) is 11.8. The number of nitrogens with one attached hydrogen (secondary N) is 3. The van der Waals surface area contributed by atoms with E-state index in [1.807, 2.05) is 0 Å². The van der Waals surface area contributed by atoms with Gasteiger partial charge in [0.25, 0.3) is 0 Å². The van der Waals surface area contributed by atoms with Crippen molar-refractivity contribution in [1.82, 2.24) is 16.0 Å². The van der Waals surface area contributed by atoms with Gasteiger partial charge in [-0.1, -0.05) is 32.4 Å². The predicted molar refractivity (Wildman–Crippen MR) is 138 cm³/mol. The Hall–Kier alpha value is -3.32. The van der Waals surface area contributed by atoms with Gasteiger partial charge in [0.1, 0.15) is 23.9 Å². The van der Waals surface area contributed by atoms with Crippen LogP contribution in [0.3, 0.4) is 0 Å². The summed E-state index contributed by atoms with van der Waals surface area (Å²) in [5.74, 6) is -4.93. The number of nitrogens with two attached hydrogens (primary N) is 1. The molecule has 5 unspecified atom stereocenters. The minimum atomic E-state index is -1.56. The van der Waals surface area contributed by atoms with Crippen molar-refractivity contribution in [2.24, 2.45) is 11.7 Å². The fraction of sp³-hybridized carbons (Fsp3) is 0.542. The Morgan fingerprint density at radius 1 is 0.946 bits per heavy atom. The van der Waals surface area contributed by atoms with E-state index >= 15 is 0 Å². The van der Waals surface area contributed by atoms with Gasteiger partial charge in [-0.15, -0.1) is 0 Å². The second kappa shape index (κ2) is 15.7. The van der Waals surface area contributed by atoms with Crippen LogP contribution in [-0.2, 0) is 30.4 Å². The van der Waals surface area contributed by atoms with Crippen molar-refractivity contribution in [3.63, 3.8) is 0 Å². The summed E-state index contributed by atoms with van der Waals surface area (Å²) >= 11 is 1.38. The summed E-state index contributed by atoms with van der Waals surface area (Å²) in [4.78, 5) is 61.4. The van der Waals surface area contributed by atoms with Crippen molar-refractivity contribution in [3.05, 3.63) is 29.8 Å². The van der Waals surface area contributed by atoms with Crippen molar-refractivity contribution >= 4 is 41.4 Å². The molecule has 8 N–H and O–H groups in total. The number of aromatic hydroxyl groups is 1. The van der Waals surface area contributed by atoms with Crippen molar-refractivity contribution in [1.29, 1.82) is 0 Å². The van der Waals surface area contributed by atoms with Gasteiger partial charge in [-0.25, -0.2) is 4.79 Å². The van der Waals surface area contributed by atoms with E-state index in [0.717, 1.165) is 0 Å². The summed E-state index contributed by atoms with van der Waals surface area (Å²) in [6, 6.07) is 1.18. The first-order chi connectivity index (χ1) is 17.4. The fourth-order valence-electron chi connectivity index (χ4n) is 3.35. The van der Waals surface area contributed by atoms with Gasteiger partial charge in [0.05, 0.1) is 12.5 Å². The number of phenols is 1. The van der Waals surface area contributed by atoms with Crippen molar-refractivity contribution in [2.45, 2.75) is 63.7 Å². The highest BCUT2D eigenvalue weighted by molar-refractivity contribution is 7.98. The minimum absolute atomic E-state index is 0.0640. The number of thioether (sulfide) groups is 1. The standard InChI is InChI=1S/C24H36N4O8S/c1-4-13(2)20(28-21(32)16(25)11-14-5-7-15(29)8-6-14)23(34)27-18(12-19(30)31)22(33)26-17(24(35)36)9-10-37-3/h5-8,13,16-18,20,29H,4,9-12,25H2,1-3H3,(H,26,33)(H,27,34)(H,28,32)(H,30,31)(H,35,36). The maximum absolute atomic E-state index is 13.1. The lowest BCUT2D eigenvalue weighted by atomic mass is 9.96. The average Bonchev–Trinajstić information content (AvgIpc) is 2.84. The second-order valence-electron chi connectivity index (χ2n) is 8.69. The highest BCUT2D eigenvalue weighted by atomic mass is 32.2. The van der Waals surface area contributed by atoms with E-state index in [-0.39, 0.29) is 18.6 Å². The van der Waals surface area contributed by atoms with Gasteiger partial charge in [-0.3, -0.25) is 19.2 Å². The van der Waals surface area contributed by atoms with Crippen LogP contribution >= 0.6 is 11.8 Å². The number of carboxylic acid groups (broad SMARTS) is 2. The quantitative estimate of drug-likeness (QED) is 0.150. The van der Waals surface area contributed by atoms with Crippen LogP contribution in [0.5, 0.6) is 5.75 Å². The van der Waals surface area contributed by atoms with Crippen LogP contribution in [-0.4, -0.2) is 81.2 Å². The molecule has 12 nitrogen and oxygen atoms in total. The summed E-state index contributed by atoms with van der Waals surface area (Å²) in [6.45, 7) is 3.49. The number of hydrogen-bond donors (Lipinski definition) is 7. The molecule has 37 heavy (non-hydrogen) atoms. The Bertz CT molecular complexity index is 943. The number of amides is 3. The summed E-state index contributed by atoms with van der Waals surface area (Å²) < 4.78 is 0. The third kappa shape index (κ3) is 11.1. The molecule has 0 fully saturated rings. The zero-order valence-corrected chi connectivity index (χ0v) is 21.9. The van der Waals surface area contributed by atoms with Crippen LogP contribution in [0.15, 0.2) is 24.3 Å². The summed E-state index contributed by atoms with van der Waals surface area (Å²) in [7, 11) is 0.